The molecule has 0 unspecified atom stereocenters. The summed E-state index contributed by atoms with van der Waals surface area (Å²) in [5, 5.41) is 15.6. The molecule has 0 saturated heterocycles. The van der Waals surface area contributed by atoms with Crippen molar-refractivity contribution >= 4 is 0 Å². The Hall–Kier alpha value is -1.75. The maximum absolute atomic E-state index is 4.14. The van der Waals surface area contributed by atoms with Crippen molar-refractivity contribution in [3.05, 3.63) is 36.2 Å². The van der Waals surface area contributed by atoms with Gasteiger partial charge < -0.3 is 5.32 Å². The highest BCUT2D eigenvalue weighted by molar-refractivity contribution is 5.30. The third-order valence-electron chi connectivity index (χ3n) is 4.43. The van der Waals surface area contributed by atoms with Crippen molar-refractivity contribution in [1.82, 2.24) is 25.5 Å². The predicted octanol–water partition coefficient (Wildman–Crippen LogP) is 2.72. The largest absolute Gasteiger partial charge is 0.309 e. The van der Waals surface area contributed by atoms with E-state index in [1.54, 1.807) is 4.68 Å². The molecule has 1 aromatic heterocycles. The van der Waals surface area contributed by atoms with Crippen LogP contribution in [0.5, 0.6) is 0 Å². The van der Waals surface area contributed by atoms with Gasteiger partial charge in [0.15, 0.2) is 5.82 Å². The molecule has 1 aliphatic carbocycles. The standard InChI is InChI=1S/C16H23N5/c1-16(10-6-3-7-11-16)13-17-12-15-18-19-20-21(15)14-8-4-2-5-9-14/h2,4-5,8-9,17H,3,6-7,10-13H2,1H3. The second-order valence-corrected chi connectivity index (χ2v) is 6.32. The fraction of sp³-hybridized carbons (Fsp3) is 0.562. The van der Waals surface area contributed by atoms with Gasteiger partial charge in [0.25, 0.3) is 0 Å². The molecule has 1 fully saturated rings. The van der Waals surface area contributed by atoms with E-state index in [1.807, 2.05) is 30.3 Å². The SMILES string of the molecule is CC1(CNCc2nnnn2-c2ccccc2)CCCCC1. The average Bonchev–Trinajstić information content (AvgIpc) is 2.97. The van der Waals surface area contributed by atoms with Crippen LogP contribution in [0.15, 0.2) is 30.3 Å². The van der Waals surface area contributed by atoms with Gasteiger partial charge in [-0.25, -0.2) is 0 Å². The molecule has 0 aliphatic heterocycles. The summed E-state index contributed by atoms with van der Waals surface area (Å²) in [5.41, 5.74) is 1.44. The van der Waals surface area contributed by atoms with Gasteiger partial charge in [0.05, 0.1) is 12.2 Å². The molecule has 0 bridgehead atoms. The minimum atomic E-state index is 0.434. The number of nitrogens with zero attached hydrogens (tertiary/aromatic N) is 4. The quantitative estimate of drug-likeness (QED) is 0.917. The Morgan fingerprint density at radius 3 is 2.67 bits per heavy atom. The van der Waals surface area contributed by atoms with Crippen LogP contribution >= 0.6 is 0 Å². The molecule has 0 amide bonds. The molecule has 1 N–H and O–H groups in total. The van der Waals surface area contributed by atoms with Gasteiger partial charge in [-0.3, -0.25) is 0 Å². The fourth-order valence-corrected chi connectivity index (χ4v) is 3.14. The van der Waals surface area contributed by atoms with Crippen LogP contribution in [0.25, 0.3) is 5.69 Å². The first-order valence-corrected chi connectivity index (χ1v) is 7.80. The molecule has 112 valence electrons. The Kier molecular flexibility index (Phi) is 4.29. The normalized spacial score (nSPS) is 17.8. The Balaban J connectivity index is 1.60. The molecular weight excluding hydrogens is 262 g/mol. The number of rotatable bonds is 5. The summed E-state index contributed by atoms with van der Waals surface area (Å²) in [6.45, 7) is 4.13. The summed E-state index contributed by atoms with van der Waals surface area (Å²) in [4.78, 5) is 0. The molecule has 0 atom stereocenters. The molecule has 1 aliphatic rings. The van der Waals surface area contributed by atoms with Gasteiger partial charge in [0, 0.05) is 6.54 Å². The van der Waals surface area contributed by atoms with E-state index >= 15 is 0 Å². The summed E-state index contributed by atoms with van der Waals surface area (Å²) in [5.74, 6) is 0.862. The predicted molar refractivity (Wildman–Crippen MR) is 82.1 cm³/mol. The van der Waals surface area contributed by atoms with E-state index < -0.39 is 0 Å². The van der Waals surface area contributed by atoms with E-state index in [1.165, 1.54) is 32.1 Å². The number of tetrazole rings is 1. The van der Waals surface area contributed by atoms with Crippen LogP contribution in [0.3, 0.4) is 0 Å². The topological polar surface area (TPSA) is 55.6 Å². The molecule has 0 spiro atoms. The number of para-hydroxylation sites is 1. The van der Waals surface area contributed by atoms with Crippen LogP contribution in [0, 0.1) is 5.41 Å². The van der Waals surface area contributed by atoms with Crippen LogP contribution in [0.2, 0.25) is 0 Å². The zero-order valence-corrected chi connectivity index (χ0v) is 12.6. The number of nitrogens with one attached hydrogen (secondary N) is 1. The summed E-state index contributed by atoms with van der Waals surface area (Å²) in [6, 6.07) is 10.0. The molecule has 2 aromatic rings. The molecule has 3 rings (SSSR count). The molecule has 0 radical (unpaired) electrons. The van der Waals surface area contributed by atoms with E-state index in [-0.39, 0.29) is 0 Å². The monoisotopic (exact) mass is 285 g/mol. The molecule has 5 heteroatoms. The highest BCUT2D eigenvalue weighted by Crippen LogP contribution is 2.34. The second-order valence-electron chi connectivity index (χ2n) is 6.32. The number of benzene rings is 1. The number of hydrogen-bond donors (Lipinski definition) is 1. The minimum absolute atomic E-state index is 0.434. The third-order valence-corrected chi connectivity index (χ3v) is 4.43. The second kappa shape index (κ2) is 6.35. The summed E-state index contributed by atoms with van der Waals surface area (Å²) in [7, 11) is 0. The lowest BCUT2D eigenvalue weighted by Gasteiger charge is -2.33. The van der Waals surface area contributed by atoms with E-state index in [2.05, 4.69) is 27.8 Å². The fourth-order valence-electron chi connectivity index (χ4n) is 3.14. The van der Waals surface area contributed by atoms with Crippen LogP contribution in [-0.4, -0.2) is 26.8 Å². The van der Waals surface area contributed by atoms with E-state index in [0.29, 0.717) is 12.0 Å². The average molecular weight is 285 g/mol. The lowest BCUT2D eigenvalue weighted by atomic mass is 9.76. The highest BCUT2D eigenvalue weighted by atomic mass is 15.5. The van der Waals surface area contributed by atoms with Crippen LogP contribution in [-0.2, 0) is 6.54 Å². The molecule has 5 nitrogen and oxygen atoms in total. The van der Waals surface area contributed by atoms with Crippen LogP contribution < -0.4 is 5.32 Å². The zero-order valence-electron chi connectivity index (χ0n) is 12.6. The van der Waals surface area contributed by atoms with Gasteiger partial charge in [-0.2, -0.15) is 4.68 Å². The van der Waals surface area contributed by atoms with Crippen molar-refractivity contribution in [2.24, 2.45) is 5.41 Å². The van der Waals surface area contributed by atoms with Crippen molar-refractivity contribution < 1.29 is 0 Å². The Morgan fingerprint density at radius 2 is 1.90 bits per heavy atom. The van der Waals surface area contributed by atoms with Gasteiger partial charge in [-0.05, 0) is 40.8 Å². The van der Waals surface area contributed by atoms with Crippen molar-refractivity contribution in [2.75, 3.05) is 6.54 Å². The summed E-state index contributed by atoms with van der Waals surface area (Å²) < 4.78 is 1.80. The maximum Gasteiger partial charge on any atom is 0.170 e. The van der Waals surface area contributed by atoms with Crippen molar-refractivity contribution in [3.8, 4) is 5.69 Å². The van der Waals surface area contributed by atoms with Gasteiger partial charge in [-0.15, -0.1) is 5.10 Å². The van der Waals surface area contributed by atoms with Crippen molar-refractivity contribution in [1.29, 1.82) is 0 Å². The molecule has 21 heavy (non-hydrogen) atoms. The lowest BCUT2D eigenvalue weighted by Crippen LogP contribution is -2.33. The van der Waals surface area contributed by atoms with Gasteiger partial charge in [-0.1, -0.05) is 44.4 Å². The summed E-state index contributed by atoms with van der Waals surface area (Å²) in [6.07, 6.45) is 6.76. The number of aromatic nitrogens is 4. The van der Waals surface area contributed by atoms with E-state index in [9.17, 15) is 0 Å². The van der Waals surface area contributed by atoms with Gasteiger partial charge in [0.1, 0.15) is 0 Å². The van der Waals surface area contributed by atoms with Crippen molar-refractivity contribution in [3.63, 3.8) is 0 Å². The first kappa shape index (κ1) is 14.2. The Labute approximate surface area is 125 Å². The molecule has 1 heterocycles. The minimum Gasteiger partial charge on any atom is -0.309 e. The van der Waals surface area contributed by atoms with E-state index in [0.717, 1.165) is 18.1 Å². The summed E-state index contributed by atoms with van der Waals surface area (Å²) >= 11 is 0. The first-order chi connectivity index (χ1) is 10.3. The zero-order chi connectivity index (χ0) is 14.5. The van der Waals surface area contributed by atoms with Crippen LogP contribution in [0.1, 0.15) is 44.9 Å². The lowest BCUT2D eigenvalue weighted by molar-refractivity contribution is 0.207. The Morgan fingerprint density at radius 1 is 1.14 bits per heavy atom. The first-order valence-electron chi connectivity index (χ1n) is 7.80. The van der Waals surface area contributed by atoms with E-state index in [4.69, 9.17) is 0 Å². The van der Waals surface area contributed by atoms with Crippen molar-refractivity contribution in [2.45, 2.75) is 45.6 Å². The highest BCUT2D eigenvalue weighted by Gasteiger charge is 2.26. The third kappa shape index (κ3) is 3.47. The molecule has 1 saturated carbocycles. The molecule has 1 aromatic carbocycles. The van der Waals surface area contributed by atoms with Gasteiger partial charge >= 0.3 is 0 Å². The maximum atomic E-state index is 4.14. The number of hydrogen-bond acceptors (Lipinski definition) is 4. The smallest absolute Gasteiger partial charge is 0.170 e. The molecular formula is C16H23N5. The Bertz CT molecular complexity index is 557. The van der Waals surface area contributed by atoms with Crippen LogP contribution in [0.4, 0.5) is 0 Å². The van der Waals surface area contributed by atoms with Gasteiger partial charge in [0.2, 0.25) is 0 Å².